The summed E-state index contributed by atoms with van der Waals surface area (Å²) in [5, 5.41) is 11.9. The Morgan fingerprint density at radius 3 is 2.24 bits per heavy atom. The number of carbonyl (C=O) groups excluding carboxylic acids is 1. The number of benzene rings is 2. The zero-order chi connectivity index (χ0) is 26.4. The van der Waals surface area contributed by atoms with Crippen molar-refractivity contribution in [2.45, 2.75) is 31.6 Å². The van der Waals surface area contributed by atoms with Gasteiger partial charge in [-0.15, -0.1) is 0 Å². The van der Waals surface area contributed by atoms with E-state index in [4.69, 9.17) is 10.8 Å². The summed E-state index contributed by atoms with van der Waals surface area (Å²) in [7, 11) is -3.73. The van der Waals surface area contributed by atoms with Gasteiger partial charge in [-0.05, 0) is 67.5 Å². The van der Waals surface area contributed by atoms with Gasteiger partial charge in [0.05, 0.1) is 53.8 Å². The van der Waals surface area contributed by atoms with Crippen LogP contribution in [0.3, 0.4) is 0 Å². The highest BCUT2D eigenvalue weighted by molar-refractivity contribution is 7.92. The van der Waals surface area contributed by atoms with Crippen LogP contribution in [0.1, 0.15) is 36.0 Å². The van der Waals surface area contributed by atoms with Crippen molar-refractivity contribution in [1.82, 2.24) is 0 Å². The number of carbonyl (C=O) groups is 1. The standard InChI is InChI=1S/C25H31F2N5O4S/c26-25(27)15-32(16-25)22-13-17(2-4-20(22)28)29-23(34)19-3-1-18(30-37(35,36)12-11-33)14-21(19)31-9-7-24(5-6-24)8-10-31/h1-4,13-14,30,33H,5-12,15-16,28H2,(H,29,34). The minimum Gasteiger partial charge on any atom is -0.397 e. The van der Waals surface area contributed by atoms with E-state index in [9.17, 15) is 22.0 Å². The van der Waals surface area contributed by atoms with Gasteiger partial charge in [-0.1, -0.05) is 0 Å². The molecule has 0 radical (unpaired) electrons. The molecule has 0 bridgehead atoms. The quantitative estimate of drug-likeness (QED) is 0.383. The Labute approximate surface area is 214 Å². The number of nitrogens with two attached hydrogens (primary N) is 1. The van der Waals surface area contributed by atoms with E-state index in [1.54, 1.807) is 30.3 Å². The van der Waals surface area contributed by atoms with Crippen molar-refractivity contribution < 1.29 is 27.1 Å². The van der Waals surface area contributed by atoms with Crippen molar-refractivity contribution >= 4 is 44.4 Å². The lowest BCUT2D eigenvalue weighted by atomic mass is 9.93. The van der Waals surface area contributed by atoms with Crippen LogP contribution in [0.25, 0.3) is 0 Å². The van der Waals surface area contributed by atoms with Crippen LogP contribution >= 0.6 is 0 Å². The van der Waals surface area contributed by atoms with Crippen LogP contribution in [0.4, 0.5) is 37.2 Å². The third-order valence-corrected chi connectivity index (χ3v) is 8.74. The molecule has 3 aliphatic rings. The first kappa shape index (κ1) is 25.5. The molecule has 12 heteroatoms. The third-order valence-electron chi connectivity index (χ3n) is 7.47. The van der Waals surface area contributed by atoms with Crippen LogP contribution in [0.5, 0.6) is 0 Å². The van der Waals surface area contributed by atoms with Gasteiger partial charge >= 0.3 is 0 Å². The number of hydrogen-bond acceptors (Lipinski definition) is 7. The number of aliphatic hydroxyl groups excluding tert-OH is 1. The molecule has 200 valence electrons. The van der Waals surface area contributed by atoms with Crippen molar-refractivity contribution in [3.8, 4) is 0 Å². The van der Waals surface area contributed by atoms with E-state index in [0.29, 0.717) is 39.4 Å². The van der Waals surface area contributed by atoms with Crippen LogP contribution in [-0.2, 0) is 10.0 Å². The number of amides is 1. The summed E-state index contributed by atoms with van der Waals surface area (Å²) < 4.78 is 53.6. The monoisotopic (exact) mass is 535 g/mol. The highest BCUT2D eigenvalue weighted by atomic mass is 32.2. The van der Waals surface area contributed by atoms with E-state index in [0.717, 1.165) is 25.9 Å². The van der Waals surface area contributed by atoms with Crippen LogP contribution < -0.4 is 25.6 Å². The van der Waals surface area contributed by atoms with Gasteiger partial charge in [0, 0.05) is 18.8 Å². The lowest BCUT2D eigenvalue weighted by molar-refractivity contribution is -0.0261. The number of piperidine rings is 1. The number of hydrogen-bond donors (Lipinski definition) is 4. The molecule has 2 heterocycles. The first-order valence-electron chi connectivity index (χ1n) is 12.3. The van der Waals surface area contributed by atoms with E-state index in [1.807, 2.05) is 0 Å². The molecular weight excluding hydrogens is 504 g/mol. The number of alkyl halides is 2. The highest BCUT2D eigenvalue weighted by Crippen LogP contribution is 2.54. The van der Waals surface area contributed by atoms with E-state index in [2.05, 4.69) is 14.9 Å². The molecule has 1 saturated carbocycles. The van der Waals surface area contributed by atoms with E-state index in [-0.39, 0.29) is 0 Å². The maximum absolute atomic E-state index is 13.4. The maximum Gasteiger partial charge on any atom is 0.282 e. The first-order valence-corrected chi connectivity index (χ1v) is 14.0. The number of sulfonamides is 1. The fourth-order valence-electron chi connectivity index (χ4n) is 5.07. The van der Waals surface area contributed by atoms with Crippen molar-refractivity contribution in [2.24, 2.45) is 5.41 Å². The normalized spacial score (nSPS) is 19.9. The summed E-state index contributed by atoms with van der Waals surface area (Å²) in [6, 6.07) is 9.49. The number of nitrogen functional groups attached to an aromatic ring is 1. The molecule has 1 aliphatic carbocycles. The summed E-state index contributed by atoms with van der Waals surface area (Å²) >= 11 is 0. The zero-order valence-electron chi connectivity index (χ0n) is 20.3. The second kappa shape index (κ2) is 9.32. The summed E-state index contributed by atoms with van der Waals surface area (Å²) in [6.45, 7) is 0.145. The van der Waals surface area contributed by atoms with Gasteiger partial charge in [-0.3, -0.25) is 9.52 Å². The molecule has 2 aromatic rings. The van der Waals surface area contributed by atoms with E-state index in [1.165, 1.54) is 23.8 Å². The Balaban J connectivity index is 1.39. The van der Waals surface area contributed by atoms with Crippen LogP contribution in [0.15, 0.2) is 36.4 Å². The van der Waals surface area contributed by atoms with Crippen molar-refractivity contribution in [3.05, 3.63) is 42.0 Å². The lowest BCUT2D eigenvalue weighted by Gasteiger charge is -2.41. The van der Waals surface area contributed by atoms with Crippen LogP contribution in [0.2, 0.25) is 0 Å². The Hall–Kier alpha value is -3.12. The highest BCUT2D eigenvalue weighted by Gasteiger charge is 2.45. The van der Waals surface area contributed by atoms with Gasteiger partial charge < -0.3 is 26.0 Å². The fraction of sp³-hybridized carbons (Fsp3) is 0.480. The molecule has 3 fully saturated rings. The average molecular weight is 536 g/mol. The largest absolute Gasteiger partial charge is 0.397 e. The fourth-order valence-corrected chi connectivity index (χ4v) is 5.90. The average Bonchev–Trinajstić information content (AvgIpc) is 3.57. The van der Waals surface area contributed by atoms with Crippen LogP contribution in [-0.4, -0.2) is 63.9 Å². The molecule has 2 aliphatic heterocycles. The molecule has 0 aromatic heterocycles. The van der Waals surface area contributed by atoms with Crippen molar-refractivity contribution in [2.75, 3.05) is 64.1 Å². The number of aliphatic hydroxyl groups is 1. The number of halogens is 2. The summed E-state index contributed by atoms with van der Waals surface area (Å²) in [4.78, 5) is 17.0. The van der Waals surface area contributed by atoms with Gasteiger partial charge in [-0.2, -0.15) is 0 Å². The molecular formula is C25H31F2N5O4S. The van der Waals surface area contributed by atoms with Crippen molar-refractivity contribution in [1.29, 1.82) is 0 Å². The number of nitrogens with one attached hydrogen (secondary N) is 2. The topological polar surface area (TPSA) is 128 Å². The van der Waals surface area contributed by atoms with Gasteiger partial charge in [0.1, 0.15) is 0 Å². The Kier molecular flexibility index (Phi) is 6.43. The predicted molar refractivity (Wildman–Crippen MR) is 140 cm³/mol. The molecule has 37 heavy (non-hydrogen) atoms. The second-order valence-electron chi connectivity index (χ2n) is 10.3. The third kappa shape index (κ3) is 5.59. The molecule has 9 nitrogen and oxygen atoms in total. The summed E-state index contributed by atoms with van der Waals surface area (Å²) in [5.41, 5.74) is 8.87. The maximum atomic E-state index is 13.4. The molecule has 5 N–H and O–H groups in total. The minimum atomic E-state index is -3.73. The summed E-state index contributed by atoms with van der Waals surface area (Å²) in [6.07, 6.45) is 4.46. The minimum absolute atomic E-state index is 0.306. The smallest absolute Gasteiger partial charge is 0.282 e. The zero-order valence-corrected chi connectivity index (χ0v) is 21.2. The van der Waals surface area contributed by atoms with E-state index < -0.39 is 47.3 Å². The molecule has 5 rings (SSSR count). The molecule has 2 saturated heterocycles. The van der Waals surface area contributed by atoms with Gasteiger partial charge in [-0.25, -0.2) is 17.2 Å². The SMILES string of the molecule is Nc1ccc(NC(=O)c2ccc(NS(=O)(=O)CCO)cc2N2CCC3(CC2)CC3)cc1N1CC(F)(F)C1. The molecule has 1 spiro atoms. The Bertz CT molecular complexity index is 1300. The van der Waals surface area contributed by atoms with E-state index >= 15 is 0 Å². The van der Waals surface area contributed by atoms with Crippen LogP contribution in [0, 0.1) is 5.41 Å². The summed E-state index contributed by atoms with van der Waals surface area (Å²) in [5.74, 6) is -3.59. The molecule has 0 atom stereocenters. The second-order valence-corrected chi connectivity index (χ2v) is 12.1. The molecule has 1 amide bonds. The first-order chi connectivity index (χ1) is 17.5. The number of rotatable bonds is 8. The van der Waals surface area contributed by atoms with Gasteiger partial charge in [0.15, 0.2) is 0 Å². The molecule has 2 aromatic carbocycles. The number of anilines is 5. The predicted octanol–water partition coefficient (Wildman–Crippen LogP) is 3.09. The van der Waals surface area contributed by atoms with Crippen molar-refractivity contribution in [3.63, 3.8) is 0 Å². The Morgan fingerprint density at radius 2 is 1.62 bits per heavy atom. The van der Waals surface area contributed by atoms with Gasteiger partial charge in [0.2, 0.25) is 10.0 Å². The number of nitrogens with zero attached hydrogens (tertiary/aromatic N) is 2. The lowest BCUT2D eigenvalue weighted by Crippen LogP contribution is -2.56. The Morgan fingerprint density at radius 1 is 0.973 bits per heavy atom. The van der Waals surface area contributed by atoms with Gasteiger partial charge in [0.25, 0.3) is 11.8 Å². The molecule has 0 unspecified atom stereocenters.